The maximum atomic E-state index is 11.7. The molecule has 100 valence electrons. The molecule has 2 heteroatoms. The first-order chi connectivity index (χ1) is 9.34. The number of hydrogen-bond acceptors (Lipinski definition) is 1. The maximum absolute atomic E-state index is 11.7. The molecule has 0 aliphatic heterocycles. The summed E-state index contributed by atoms with van der Waals surface area (Å²) in [4.78, 5) is 11.7. The summed E-state index contributed by atoms with van der Waals surface area (Å²) < 4.78 is 0. The summed E-state index contributed by atoms with van der Waals surface area (Å²) >= 11 is 0. The van der Waals surface area contributed by atoms with E-state index in [4.69, 9.17) is 0 Å². The highest BCUT2D eigenvalue weighted by molar-refractivity contribution is 5.76. The van der Waals surface area contributed by atoms with Crippen molar-refractivity contribution in [1.29, 1.82) is 0 Å². The number of nitrogens with one attached hydrogen (secondary N) is 1. The molecule has 0 bridgehead atoms. The van der Waals surface area contributed by atoms with E-state index >= 15 is 0 Å². The minimum Gasteiger partial charge on any atom is -0.353 e. The second-order valence-corrected chi connectivity index (χ2v) is 5.07. The van der Waals surface area contributed by atoms with Gasteiger partial charge in [-0.05, 0) is 25.0 Å². The fourth-order valence-electron chi connectivity index (χ4n) is 2.41. The number of benzene rings is 1. The minimum absolute atomic E-state index is 0.147. The van der Waals surface area contributed by atoms with Crippen LogP contribution >= 0.6 is 0 Å². The van der Waals surface area contributed by atoms with Gasteiger partial charge in [0.05, 0.1) is 0 Å². The van der Waals surface area contributed by atoms with Crippen LogP contribution in [0.1, 0.15) is 50.5 Å². The Morgan fingerprint density at radius 1 is 1.16 bits per heavy atom. The van der Waals surface area contributed by atoms with Crippen LogP contribution in [0, 0.1) is 11.8 Å². The first kappa shape index (κ1) is 13.7. The van der Waals surface area contributed by atoms with E-state index in [0.717, 1.165) is 18.4 Å². The molecule has 0 radical (unpaired) electrons. The minimum atomic E-state index is 0.147. The zero-order valence-corrected chi connectivity index (χ0v) is 11.3. The SMILES string of the molecule is O=C(CCC#Cc1ccccc1)NC1CCCCC1. The fraction of sp³-hybridized carbons (Fsp3) is 0.471. The summed E-state index contributed by atoms with van der Waals surface area (Å²) in [5, 5.41) is 3.11. The van der Waals surface area contributed by atoms with Crippen molar-refractivity contribution in [3.63, 3.8) is 0 Å². The molecule has 0 spiro atoms. The van der Waals surface area contributed by atoms with Gasteiger partial charge < -0.3 is 5.32 Å². The second kappa shape index (κ2) is 7.63. The molecule has 2 rings (SSSR count). The normalized spacial score (nSPS) is 15.4. The van der Waals surface area contributed by atoms with Gasteiger partial charge >= 0.3 is 0 Å². The lowest BCUT2D eigenvalue weighted by atomic mass is 9.95. The molecule has 0 heterocycles. The number of rotatable bonds is 3. The van der Waals surface area contributed by atoms with E-state index in [1.54, 1.807) is 0 Å². The van der Waals surface area contributed by atoms with Crippen LogP contribution in [-0.4, -0.2) is 11.9 Å². The highest BCUT2D eigenvalue weighted by Gasteiger charge is 2.14. The van der Waals surface area contributed by atoms with E-state index in [-0.39, 0.29) is 5.91 Å². The Bertz CT molecular complexity index is 449. The number of carbonyl (C=O) groups is 1. The van der Waals surface area contributed by atoms with Gasteiger partial charge in [-0.1, -0.05) is 49.3 Å². The highest BCUT2D eigenvalue weighted by atomic mass is 16.1. The lowest BCUT2D eigenvalue weighted by molar-refractivity contribution is -0.121. The van der Waals surface area contributed by atoms with Gasteiger partial charge in [-0.25, -0.2) is 0 Å². The molecule has 1 amide bonds. The van der Waals surface area contributed by atoms with E-state index in [0.29, 0.717) is 18.9 Å². The summed E-state index contributed by atoms with van der Waals surface area (Å²) in [6.45, 7) is 0. The molecule has 1 saturated carbocycles. The van der Waals surface area contributed by atoms with Crippen molar-refractivity contribution in [3.05, 3.63) is 35.9 Å². The Hall–Kier alpha value is -1.75. The molecule has 1 aromatic carbocycles. The first-order valence-electron chi connectivity index (χ1n) is 7.18. The van der Waals surface area contributed by atoms with Crippen LogP contribution in [0.2, 0.25) is 0 Å². The molecule has 2 nitrogen and oxygen atoms in total. The predicted octanol–water partition coefficient (Wildman–Crippen LogP) is 3.27. The first-order valence-corrected chi connectivity index (χ1v) is 7.18. The largest absolute Gasteiger partial charge is 0.353 e. The van der Waals surface area contributed by atoms with Crippen molar-refractivity contribution in [2.24, 2.45) is 0 Å². The molecule has 0 unspecified atom stereocenters. The van der Waals surface area contributed by atoms with E-state index in [2.05, 4.69) is 17.2 Å². The number of carbonyl (C=O) groups excluding carboxylic acids is 1. The lowest BCUT2D eigenvalue weighted by Crippen LogP contribution is -2.35. The van der Waals surface area contributed by atoms with Crippen molar-refractivity contribution >= 4 is 5.91 Å². The van der Waals surface area contributed by atoms with Gasteiger partial charge in [-0.2, -0.15) is 0 Å². The summed E-state index contributed by atoms with van der Waals surface area (Å²) in [6.07, 6.45) is 7.24. The van der Waals surface area contributed by atoms with Crippen LogP contribution in [0.15, 0.2) is 30.3 Å². The van der Waals surface area contributed by atoms with Crippen LogP contribution in [-0.2, 0) is 4.79 Å². The molecule has 1 aliphatic rings. The second-order valence-electron chi connectivity index (χ2n) is 5.07. The van der Waals surface area contributed by atoms with Crippen LogP contribution in [0.25, 0.3) is 0 Å². The Morgan fingerprint density at radius 3 is 2.63 bits per heavy atom. The zero-order chi connectivity index (χ0) is 13.3. The van der Waals surface area contributed by atoms with Crippen molar-refractivity contribution in [3.8, 4) is 11.8 Å². The van der Waals surface area contributed by atoms with Gasteiger partial charge in [0.15, 0.2) is 0 Å². The van der Waals surface area contributed by atoms with E-state index in [9.17, 15) is 4.79 Å². The van der Waals surface area contributed by atoms with Crippen molar-refractivity contribution < 1.29 is 4.79 Å². The highest BCUT2D eigenvalue weighted by Crippen LogP contribution is 2.17. The molecule has 0 saturated heterocycles. The van der Waals surface area contributed by atoms with Crippen LogP contribution < -0.4 is 5.32 Å². The van der Waals surface area contributed by atoms with Crippen LogP contribution in [0.5, 0.6) is 0 Å². The van der Waals surface area contributed by atoms with Gasteiger partial charge in [0.1, 0.15) is 0 Å². The Labute approximate surface area is 115 Å². The Balaban J connectivity index is 1.68. The van der Waals surface area contributed by atoms with Gasteiger partial charge in [0.25, 0.3) is 0 Å². The molecule has 1 aliphatic carbocycles. The third-order valence-corrected chi connectivity index (χ3v) is 3.45. The predicted molar refractivity (Wildman–Crippen MR) is 77.6 cm³/mol. The molecule has 0 atom stereocenters. The van der Waals surface area contributed by atoms with Crippen LogP contribution in [0.4, 0.5) is 0 Å². The monoisotopic (exact) mass is 255 g/mol. The molecule has 1 fully saturated rings. The van der Waals surface area contributed by atoms with Gasteiger partial charge in [-0.3, -0.25) is 4.79 Å². The standard InChI is InChI=1S/C17H21NO/c19-17(18-16-12-5-2-6-13-16)14-8-7-11-15-9-3-1-4-10-15/h1,3-4,9-10,16H,2,5-6,8,12-14H2,(H,18,19). The summed E-state index contributed by atoms with van der Waals surface area (Å²) in [5.41, 5.74) is 1.01. The van der Waals surface area contributed by atoms with Crippen molar-refractivity contribution in [2.45, 2.75) is 51.0 Å². The average Bonchev–Trinajstić information content (AvgIpc) is 2.46. The molecular formula is C17H21NO. The van der Waals surface area contributed by atoms with Gasteiger partial charge in [0, 0.05) is 24.4 Å². The summed E-state index contributed by atoms with van der Waals surface area (Å²) in [7, 11) is 0. The lowest BCUT2D eigenvalue weighted by Gasteiger charge is -2.22. The molecule has 1 N–H and O–H groups in total. The molecular weight excluding hydrogens is 234 g/mol. The number of hydrogen-bond donors (Lipinski definition) is 1. The average molecular weight is 255 g/mol. The third-order valence-electron chi connectivity index (χ3n) is 3.45. The molecule has 1 aromatic rings. The Kier molecular flexibility index (Phi) is 5.49. The smallest absolute Gasteiger partial charge is 0.221 e. The fourth-order valence-corrected chi connectivity index (χ4v) is 2.41. The van der Waals surface area contributed by atoms with Gasteiger partial charge in [-0.15, -0.1) is 0 Å². The quantitative estimate of drug-likeness (QED) is 0.825. The van der Waals surface area contributed by atoms with Crippen LogP contribution in [0.3, 0.4) is 0 Å². The topological polar surface area (TPSA) is 29.1 Å². The van der Waals surface area contributed by atoms with Crippen molar-refractivity contribution in [1.82, 2.24) is 5.32 Å². The van der Waals surface area contributed by atoms with Crippen molar-refractivity contribution in [2.75, 3.05) is 0 Å². The molecule has 0 aromatic heterocycles. The number of amides is 1. The van der Waals surface area contributed by atoms with E-state index < -0.39 is 0 Å². The third kappa shape index (κ3) is 5.18. The summed E-state index contributed by atoms with van der Waals surface area (Å²) in [5.74, 6) is 6.28. The van der Waals surface area contributed by atoms with Gasteiger partial charge in [0.2, 0.25) is 5.91 Å². The van der Waals surface area contributed by atoms with E-state index in [1.807, 2.05) is 30.3 Å². The Morgan fingerprint density at radius 2 is 1.89 bits per heavy atom. The maximum Gasteiger partial charge on any atom is 0.221 e. The molecule has 19 heavy (non-hydrogen) atoms. The zero-order valence-electron chi connectivity index (χ0n) is 11.3. The summed E-state index contributed by atoms with van der Waals surface area (Å²) in [6, 6.07) is 10.3. The van der Waals surface area contributed by atoms with E-state index in [1.165, 1.54) is 19.3 Å².